The SMILES string of the molecule is CNS(=O)(=O)c1cc(C)cc(OC)n1. The summed E-state index contributed by atoms with van der Waals surface area (Å²) in [5, 5.41) is -0.0307. The second-order valence-electron chi connectivity index (χ2n) is 2.73. The van der Waals surface area contributed by atoms with Gasteiger partial charge in [-0.2, -0.15) is 0 Å². The maximum Gasteiger partial charge on any atom is 0.257 e. The van der Waals surface area contributed by atoms with Crippen LogP contribution < -0.4 is 9.46 Å². The molecule has 0 atom stereocenters. The third-order valence-electron chi connectivity index (χ3n) is 1.68. The van der Waals surface area contributed by atoms with Crippen molar-refractivity contribution in [2.24, 2.45) is 0 Å². The van der Waals surface area contributed by atoms with Gasteiger partial charge in [0.25, 0.3) is 10.0 Å². The predicted octanol–water partition coefficient (Wildman–Crippen LogP) is 0.307. The molecule has 0 aliphatic rings. The molecule has 1 aromatic heterocycles. The number of ether oxygens (including phenoxy) is 1. The highest BCUT2D eigenvalue weighted by Gasteiger charge is 2.14. The Morgan fingerprint density at radius 2 is 2.07 bits per heavy atom. The van der Waals surface area contributed by atoms with Crippen molar-refractivity contribution in [1.82, 2.24) is 9.71 Å². The molecule has 0 saturated carbocycles. The molecule has 0 unspecified atom stereocenters. The first-order valence-electron chi connectivity index (χ1n) is 3.96. The molecule has 0 aliphatic carbocycles. The van der Waals surface area contributed by atoms with Gasteiger partial charge < -0.3 is 4.74 Å². The highest BCUT2D eigenvalue weighted by atomic mass is 32.2. The summed E-state index contributed by atoms with van der Waals surface area (Å²) in [6, 6.07) is 3.14. The van der Waals surface area contributed by atoms with Gasteiger partial charge in [0.05, 0.1) is 7.11 Å². The Labute approximate surface area is 83.2 Å². The Balaban J connectivity index is 3.29. The predicted molar refractivity (Wildman–Crippen MR) is 51.8 cm³/mol. The van der Waals surface area contributed by atoms with Crippen LogP contribution in [0, 0.1) is 6.92 Å². The lowest BCUT2D eigenvalue weighted by Crippen LogP contribution is -2.20. The first kappa shape index (κ1) is 10.9. The van der Waals surface area contributed by atoms with E-state index in [4.69, 9.17) is 4.74 Å². The molecule has 1 N–H and O–H groups in total. The number of hydrogen-bond acceptors (Lipinski definition) is 4. The van der Waals surface area contributed by atoms with E-state index in [0.717, 1.165) is 5.56 Å². The molecule has 0 aromatic carbocycles. The molecule has 78 valence electrons. The maximum absolute atomic E-state index is 11.4. The number of methoxy groups -OCH3 is 1. The normalized spacial score (nSPS) is 11.4. The lowest BCUT2D eigenvalue weighted by atomic mass is 10.3. The highest BCUT2D eigenvalue weighted by molar-refractivity contribution is 7.89. The molecule has 5 nitrogen and oxygen atoms in total. The van der Waals surface area contributed by atoms with Gasteiger partial charge in [0.2, 0.25) is 5.88 Å². The van der Waals surface area contributed by atoms with E-state index >= 15 is 0 Å². The van der Waals surface area contributed by atoms with Gasteiger partial charge >= 0.3 is 0 Å². The van der Waals surface area contributed by atoms with Crippen molar-refractivity contribution in [3.8, 4) is 5.88 Å². The molecule has 0 amide bonds. The van der Waals surface area contributed by atoms with Gasteiger partial charge in [-0.15, -0.1) is 0 Å². The zero-order valence-electron chi connectivity index (χ0n) is 8.23. The van der Waals surface area contributed by atoms with Crippen LogP contribution >= 0.6 is 0 Å². The average Bonchev–Trinajstić information content (AvgIpc) is 2.16. The van der Waals surface area contributed by atoms with Crippen LogP contribution in [0.1, 0.15) is 5.56 Å². The Morgan fingerprint density at radius 3 is 2.57 bits per heavy atom. The molecule has 1 rings (SSSR count). The van der Waals surface area contributed by atoms with Crippen LogP contribution in [0.15, 0.2) is 17.2 Å². The Kier molecular flexibility index (Phi) is 3.07. The van der Waals surface area contributed by atoms with Crippen LogP contribution in [0.4, 0.5) is 0 Å². The van der Waals surface area contributed by atoms with Gasteiger partial charge in [0.1, 0.15) is 0 Å². The quantitative estimate of drug-likeness (QED) is 0.789. The van der Waals surface area contributed by atoms with Gasteiger partial charge in [0.15, 0.2) is 5.03 Å². The lowest BCUT2D eigenvalue weighted by molar-refractivity contribution is 0.393. The summed E-state index contributed by atoms with van der Waals surface area (Å²) in [6.45, 7) is 1.78. The number of sulfonamides is 1. The number of hydrogen-bond donors (Lipinski definition) is 1. The smallest absolute Gasteiger partial charge is 0.257 e. The molecule has 6 heteroatoms. The molecular formula is C8H12N2O3S. The van der Waals surface area contributed by atoms with E-state index in [9.17, 15) is 8.42 Å². The van der Waals surface area contributed by atoms with E-state index in [1.54, 1.807) is 13.0 Å². The molecule has 0 bridgehead atoms. The third-order valence-corrected chi connectivity index (χ3v) is 2.97. The van der Waals surface area contributed by atoms with Crippen molar-refractivity contribution >= 4 is 10.0 Å². The van der Waals surface area contributed by atoms with E-state index < -0.39 is 10.0 Å². The number of nitrogens with zero attached hydrogens (tertiary/aromatic N) is 1. The van der Waals surface area contributed by atoms with Crippen LogP contribution in [0.5, 0.6) is 5.88 Å². The number of aromatic nitrogens is 1. The molecule has 0 aliphatic heterocycles. The van der Waals surface area contributed by atoms with Crippen LogP contribution in [-0.4, -0.2) is 27.6 Å². The largest absolute Gasteiger partial charge is 0.481 e. The second kappa shape index (κ2) is 3.93. The maximum atomic E-state index is 11.4. The van der Waals surface area contributed by atoms with Crippen LogP contribution in [0.3, 0.4) is 0 Å². The zero-order chi connectivity index (χ0) is 10.8. The summed E-state index contributed by atoms with van der Waals surface area (Å²) < 4.78 is 29.8. The molecular weight excluding hydrogens is 204 g/mol. The molecule has 14 heavy (non-hydrogen) atoms. The molecule has 0 radical (unpaired) electrons. The summed E-state index contributed by atoms with van der Waals surface area (Å²) in [5.74, 6) is 0.291. The van der Waals surface area contributed by atoms with Crippen molar-refractivity contribution in [2.75, 3.05) is 14.2 Å². The van der Waals surface area contributed by atoms with Gasteiger partial charge in [-0.1, -0.05) is 0 Å². The van der Waals surface area contributed by atoms with E-state index in [1.807, 2.05) is 0 Å². The van der Waals surface area contributed by atoms with Crippen molar-refractivity contribution in [3.05, 3.63) is 17.7 Å². The van der Waals surface area contributed by atoms with E-state index in [0.29, 0.717) is 5.88 Å². The van der Waals surface area contributed by atoms with Crippen LogP contribution in [0.2, 0.25) is 0 Å². The van der Waals surface area contributed by atoms with E-state index in [-0.39, 0.29) is 5.03 Å². The monoisotopic (exact) mass is 216 g/mol. The van der Waals surface area contributed by atoms with Gasteiger partial charge in [-0.25, -0.2) is 18.1 Å². The van der Waals surface area contributed by atoms with Gasteiger partial charge in [-0.05, 0) is 25.6 Å². The minimum atomic E-state index is -3.49. The summed E-state index contributed by atoms with van der Waals surface area (Å²) in [7, 11) is -0.713. The number of pyridine rings is 1. The summed E-state index contributed by atoms with van der Waals surface area (Å²) in [6.07, 6.45) is 0. The minimum absolute atomic E-state index is 0.0307. The molecule has 0 fully saturated rings. The molecule has 1 heterocycles. The van der Waals surface area contributed by atoms with Crippen molar-refractivity contribution in [2.45, 2.75) is 11.9 Å². The standard InChI is InChI=1S/C8H12N2O3S/c1-6-4-7(13-3)10-8(5-6)14(11,12)9-2/h4-5,9H,1-3H3. The summed E-state index contributed by atoms with van der Waals surface area (Å²) in [5.41, 5.74) is 0.783. The fourth-order valence-corrected chi connectivity index (χ4v) is 1.71. The Hall–Kier alpha value is -1.14. The van der Waals surface area contributed by atoms with Gasteiger partial charge in [-0.3, -0.25) is 0 Å². The third kappa shape index (κ3) is 2.21. The zero-order valence-corrected chi connectivity index (χ0v) is 9.05. The van der Waals surface area contributed by atoms with Crippen LogP contribution in [0.25, 0.3) is 0 Å². The van der Waals surface area contributed by atoms with E-state index in [1.165, 1.54) is 20.2 Å². The Bertz CT molecular complexity index is 428. The van der Waals surface area contributed by atoms with Crippen molar-refractivity contribution in [1.29, 1.82) is 0 Å². The van der Waals surface area contributed by atoms with Crippen molar-refractivity contribution < 1.29 is 13.2 Å². The van der Waals surface area contributed by atoms with Gasteiger partial charge in [0, 0.05) is 6.07 Å². The number of rotatable bonds is 3. The average molecular weight is 216 g/mol. The highest BCUT2D eigenvalue weighted by Crippen LogP contribution is 2.14. The minimum Gasteiger partial charge on any atom is -0.481 e. The molecule has 0 saturated heterocycles. The topological polar surface area (TPSA) is 68.3 Å². The molecule has 1 aromatic rings. The molecule has 0 spiro atoms. The van der Waals surface area contributed by atoms with Crippen LogP contribution in [-0.2, 0) is 10.0 Å². The van der Waals surface area contributed by atoms with Crippen molar-refractivity contribution in [3.63, 3.8) is 0 Å². The fraction of sp³-hybridized carbons (Fsp3) is 0.375. The first-order valence-corrected chi connectivity index (χ1v) is 5.44. The summed E-state index contributed by atoms with van der Waals surface area (Å²) in [4.78, 5) is 3.82. The number of aryl methyl sites for hydroxylation is 1. The number of nitrogens with one attached hydrogen (secondary N) is 1. The fourth-order valence-electron chi connectivity index (χ4n) is 0.951. The Morgan fingerprint density at radius 1 is 1.43 bits per heavy atom. The second-order valence-corrected chi connectivity index (χ2v) is 4.57. The summed E-state index contributed by atoms with van der Waals surface area (Å²) >= 11 is 0. The van der Waals surface area contributed by atoms with E-state index in [2.05, 4.69) is 9.71 Å². The lowest BCUT2D eigenvalue weighted by Gasteiger charge is -2.05. The first-order chi connectivity index (χ1) is 6.49.